The molecule has 5 nitrogen and oxygen atoms in total. The van der Waals surface area contributed by atoms with Crippen LogP contribution in [0.25, 0.3) is 0 Å². The van der Waals surface area contributed by atoms with E-state index in [2.05, 4.69) is 56.0 Å². The first-order valence-corrected chi connectivity index (χ1v) is 14.8. The minimum Gasteiger partial charge on any atom is -0.467 e. The van der Waals surface area contributed by atoms with E-state index in [1.54, 1.807) is 24.0 Å². The van der Waals surface area contributed by atoms with Gasteiger partial charge in [-0.25, -0.2) is 14.8 Å². The van der Waals surface area contributed by atoms with Crippen LogP contribution in [0.15, 0.2) is 23.9 Å². The molecule has 0 radical (unpaired) electrons. The number of halogens is 1. The highest BCUT2D eigenvalue weighted by Crippen LogP contribution is 2.22. The molecule has 0 bridgehead atoms. The third-order valence-corrected chi connectivity index (χ3v) is 7.56. The van der Waals surface area contributed by atoms with E-state index < -0.39 is 6.04 Å². The Bertz CT molecular complexity index is 745. The van der Waals surface area contributed by atoms with Crippen LogP contribution in [0.3, 0.4) is 0 Å². The molecular formula is C28H48ClN3O2S. The Morgan fingerprint density at radius 1 is 1.09 bits per heavy atom. The largest absolute Gasteiger partial charge is 0.467 e. The molecule has 1 rings (SSSR count). The van der Waals surface area contributed by atoms with Crippen LogP contribution in [0.2, 0.25) is 5.28 Å². The van der Waals surface area contributed by atoms with Gasteiger partial charge in [-0.2, -0.15) is 11.8 Å². The molecule has 1 aromatic rings. The Balaban J connectivity index is 2.22. The maximum Gasteiger partial charge on any atom is 0.329 e. The standard InChI is InChI=1S/C28H48ClN3O2S/c1-21(2)10-7-11-22(3)12-8-13-23(4)14-9-15-24(5)17-19-35-20-25(27(33)34-6)31-26-16-18-30-28(29)32-26/h16-18,21-23,25H,7-15,19-20H2,1-6H3,(H,30,31,32)/b24-17+/t22?,23?,25-/m0/s1. The van der Waals surface area contributed by atoms with E-state index in [0.29, 0.717) is 11.6 Å². The fourth-order valence-electron chi connectivity index (χ4n) is 4.10. The number of allylic oxidation sites excluding steroid dienone is 1. The van der Waals surface area contributed by atoms with E-state index in [9.17, 15) is 4.79 Å². The molecule has 3 atom stereocenters. The Labute approximate surface area is 223 Å². The summed E-state index contributed by atoms with van der Waals surface area (Å²) < 4.78 is 4.93. The lowest BCUT2D eigenvalue weighted by Gasteiger charge is -2.16. The normalized spacial score (nSPS) is 14.6. The Hall–Kier alpha value is -1.27. The summed E-state index contributed by atoms with van der Waals surface area (Å²) in [4.78, 5) is 20.1. The van der Waals surface area contributed by atoms with Gasteiger partial charge in [0.05, 0.1) is 7.11 Å². The SMILES string of the molecule is COC(=O)[C@H](CSC/C=C(\C)CCCC(C)CCCC(C)CCCC(C)C)Nc1ccnc(Cl)n1. The molecule has 1 aromatic heterocycles. The second-order valence-corrected chi connectivity index (χ2v) is 11.8. The number of hydrogen-bond acceptors (Lipinski definition) is 6. The average molecular weight is 526 g/mol. The molecular weight excluding hydrogens is 478 g/mol. The number of hydrogen-bond donors (Lipinski definition) is 1. The molecule has 200 valence electrons. The van der Waals surface area contributed by atoms with Crippen molar-refractivity contribution in [3.63, 3.8) is 0 Å². The summed E-state index contributed by atoms with van der Waals surface area (Å²) >= 11 is 7.54. The summed E-state index contributed by atoms with van der Waals surface area (Å²) in [5.41, 5.74) is 1.42. The van der Waals surface area contributed by atoms with E-state index in [1.165, 1.54) is 64.0 Å². The summed E-state index contributed by atoms with van der Waals surface area (Å²) in [6, 6.07) is 1.20. The molecule has 35 heavy (non-hydrogen) atoms. The number of carbonyl (C=O) groups is 1. The average Bonchev–Trinajstić information content (AvgIpc) is 2.80. The molecule has 1 N–H and O–H groups in total. The van der Waals surface area contributed by atoms with Crippen molar-refractivity contribution < 1.29 is 9.53 Å². The van der Waals surface area contributed by atoms with Crippen LogP contribution < -0.4 is 5.32 Å². The van der Waals surface area contributed by atoms with Crippen LogP contribution >= 0.6 is 23.4 Å². The summed E-state index contributed by atoms with van der Waals surface area (Å²) in [7, 11) is 1.40. The molecule has 0 saturated heterocycles. The van der Waals surface area contributed by atoms with Gasteiger partial charge in [0.1, 0.15) is 11.9 Å². The zero-order valence-corrected chi connectivity index (χ0v) is 24.4. The van der Waals surface area contributed by atoms with Crippen molar-refractivity contribution in [2.75, 3.05) is 23.9 Å². The van der Waals surface area contributed by atoms with Gasteiger partial charge in [0.2, 0.25) is 5.28 Å². The molecule has 0 aliphatic rings. The topological polar surface area (TPSA) is 64.1 Å². The molecule has 0 amide bonds. The van der Waals surface area contributed by atoms with Crippen molar-refractivity contribution in [1.82, 2.24) is 9.97 Å². The number of nitrogens with zero attached hydrogens (tertiary/aromatic N) is 2. The van der Waals surface area contributed by atoms with E-state index in [4.69, 9.17) is 16.3 Å². The maximum atomic E-state index is 12.1. The van der Waals surface area contributed by atoms with Crippen LogP contribution in [-0.4, -0.2) is 40.6 Å². The molecule has 0 saturated carbocycles. The van der Waals surface area contributed by atoms with Gasteiger partial charge in [-0.1, -0.05) is 84.3 Å². The number of esters is 1. The zero-order valence-electron chi connectivity index (χ0n) is 22.8. The van der Waals surface area contributed by atoms with Crippen molar-refractivity contribution in [1.29, 1.82) is 0 Å². The Morgan fingerprint density at radius 3 is 2.31 bits per heavy atom. The van der Waals surface area contributed by atoms with Crippen molar-refractivity contribution in [2.24, 2.45) is 17.8 Å². The van der Waals surface area contributed by atoms with Crippen molar-refractivity contribution in [2.45, 2.75) is 98.4 Å². The van der Waals surface area contributed by atoms with Crippen molar-refractivity contribution in [3.05, 3.63) is 29.2 Å². The van der Waals surface area contributed by atoms with E-state index in [-0.39, 0.29) is 11.3 Å². The summed E-state index contributed by atoms with van der Waals surface area (Å²) in [6.07, 6.45) is 15.8. The highest BCUT2D eigenvalue weighted by molar-refractivity contribution is 7.99. The van der Waals surface area contributed by atoms with Crippen molar-refractivity contribution >= 4 is 35.1 Å². The number of anilines is 1. The third kappa shape index (κ3) is 16.2. The van der Waals surface area contributed by atoms with Gasteiger partial charge in [-0.05, 0) is 55.2 Å². The predicted octanol–water partition coefficient (Wildman–Crippen LogP) is 8.20. The number of methoxy groups -OCH3 is 1. The number of carbonyl (C=O) groups excluding carboxylic acids is 1. The number of nitrogens with one attached hydrogen (secondary N) is 1. The number of rotatable bonds is 19. The first kappa shape index (κ1) is 31.8. The maximum absolute atomic E-state index is 12.1. The Kier molecular flexibility index (Phi) is 17.2. The first-order valence-electron chi connectivity index (χ1n) is 13.3. The Morgan fingerprint density at radius 2 is 1.71 bits per heavy atom. The van der Waals surface area contributed by atoms with Crippen LogP contribution in [0.4, 0.5) is 5.82 Å². The monoisotopic (exact) mass is 525 g/mol. The molecule has 0 aliphatic carbocycles. The second kappa shape index (κ2) is 18.9. The lowest BCUT2D eigenvalue weighted by molar-refractivity contribution is -0.140. The van der Waals surface area contributed by atoms with E-state index in [1.807, 2.05) is 0 Å². The third-order valence-electron chi connectivity index (χ3n) is 6.41. The van der Waals surface area contributed by atoms with Crippen LogP contribution in [-0.2, 0) is 9.53 Å². The number of thioether (sulfide) groups is 1. The highest BCUT2D eigenvalue weighted by atomic mass is 35.5. The lowest BCUT2D eigenvalue weighted by Crippen LogP contribution is -2.33. The van der Waals surface area contributed by atoms with Gasteiger partial charge in [-0.3, -0.25) is 0 Å². The van der Waals surface area contributed by atoms with Gasteiger partial charge in [0.25, 0.3) is 0 Å². The molecule has 0 aliphatic heterocycles. The van der Waals surface area contributed by atoms with Gasteiger partial charge < -0.3 is 10.1 Å². The lowest BCUT2D eigenvalue weighted by atomic mass is 9.91. The molecule has 0 aromatic carbocycles. The van der Waals surface area contributed by atoms with Gasteiger partial charge >= 0.3 is 5.97 Å². The van der Waals surface area contributed by atoms with Gasteiger partial charge in [0.15, 0.2) is 0 Å². The van der Waals surface area contributed by atoms with E-state index >= 15 is 0 Å². The predicted molar refractivity (Wildman–Crippen MR) is 152 cm³/mol. The van der Waals surface area contributed by atoms with E-state index in [0.717, 1.165) is 29.9 Å². The molecule has 7 heteroatoms. The molecule has 0 fully saturated rings. The summed E-state index contributed by atoms with van der Waals surface area (Å²) in [5, 5.41) is 3.24. The minimum atomic E-state index is -0.483. The zero-order chi connectivity index (χ0) is 26.1. The van der Waals surface area contributed by atoms with Crippen LogP contribution in [0.5, 0.6) is 0 Å². The summed E-state index contributed by atoms with van der Waals surface area (Å²) in [6.45, 7) is 11.7. The number of ether oxygens (including phenoxy) is 1. The smallest absolute Gasteiger partial charge is 0.329 e. The molecule has 1 heterocycles. The second-order valence-electron chi connectivity index (χ2n) is 10.4. The van der Waals surface area contributed by atoms with Gasteiger partial charge in [0, 0.05) is 17.7 Å². The highest BCUT2D eigenvalue weighted by Gasteiger charge is 2.19. The van der Waals surface area contributed by atoms with Gasteiger partial charge in [-0.15, -0.1) is 0 Å². The van der Waals surface area contributed by atoms with Crippen molar-refractivity contribution in [3.8, 4) is 0 Å². The fourth-order valence-corrected chi connectivity index (χ4v) is 5.24. The molecule has 0 spiro atoms. The van der Waals surface area contributed by atoms with Crippen LogP contribution in [0.1, 0.15) is 92.4 Å². The summed E-state index contributed by atoms with van der Waals surface area (Å²) in [5.74, 6) is 4.18. The quantitative estimate of drug-likeness (QED) is 0.0849. The molecule has 2 unspecified atom stereocenters. The minimum absolute atomic E-state index is 0.144. The van der Waals surface area contributed by atoms with Crippen LogP contribution in [0, 0.1) is 17.8 Å². The fraction of sp³-hybridized carbons (Fsp3) is 0.750. The first-order chi connectivity index (χ1) is 16.7. The number of aromatic nitrogens is 2.